The van der Waals surface area contributed by atoms with Crippen LogP contribution in [0.15, 0.2) is 0 Å². The molecule has 0 amide bonds. The lowest BCUT2D eigenvalue weighted by molar-refractivity contribution is 0.384. The molecule has 0 aromatic heterocycles. The minimum Gasteiger partial charge on any atom is -0.328 e. The van der Waals surface area contributed by atoms with Crippen LogP contribution in [-0.2, 0) is 0 Å². The predicted octanol–water partition coefficient (Wildman–Crippen LogP) is 1.92. The van der Waals surface area contributed by atoms with E-state index >= 15 is 0 Å². The van der Waals surface area contributed by atoms with E-state index in [1.807, 2.05) is 0 Å². The van der Waals surface area contributed by atoms with Gasteiger partial charge in [-0.05, 0) is 25.7 Å². The first-order valence-electron chi connectivity index (χ1n) is 4.57. The molecular formula is C10H17N. The summed E-state index contributed by atoms with van der Waals surface area (Å²) in [6, 6.07) is 0.453. The Kier molecular flexibility index (Phi) is 3.45. The van der Waals surface area contributed by atoms with E-state index in [4.69, 9.17) is 5.73 Å². The third-order valence-corrected chi connectivity index (χ3v) is 2.25. The number of nitrogens with two attached hydrogens (primary N) is 1. The number of rotatable bonds is 0. The molecule has 1 aliphatic carbocycles. The average molecular weight is 151 g/mol. The third-order valence-electron chi connectivity index (χ3n) is 2.25. The summed E-state index contributed by atoms with van der Waals surface area (Å²) >= 11 is 0. The molecule has 0 spiro atoms. The summed E-state index contributed by atoms with van der Waals surface area (Å²) in [6.07, 6.45) is 5.76. The molecule has 1 saturated carbocycles. The van der Waals surface area contributed by atoms with E-state index in [-0.39, 0.29) is 0 Å². The van der Waals surface area contributed by atoms with Gasteiger partial charge in [0.05, 0.1) is 0 Å². The van der Waals surface area contributed by atoms with Crippen LogP contribution in [0.3, 0.4) is 0 Å². The predicted molar refractivity (Wildman–Crippen MR) is 48.0 cm³/mol. The Bertz CT molecular complexity index is 155. The lowest BCUT2D eigenvalue weighted by Crippen LogP contribution is -2.25. The van der Waals surface area contributed by atoms with Crippen molar-refractivity contribution in [3.05, 3.63) is 0 Å². The molecule has 11 heavy (non-hydrogen) atoms. The fourth-order valence-corrected chi connectivity index (χ4v) is 1.51. The van der Waals surface area contributed by atoms with Crippen LogP contribution >= 0.6 is 0 Å². The van der Waals surface area contributed by atoms with Crippen molar-refractivity contribution in [1.29, 1.82) is 0 Å². The first kappa shape index (κ1) is 8.62. The van der Waals surface area contributed by atoms with Crippen LogP contribution < -0.4 is 5.73 Å². The molecule has 1 aliphatic rings. The Balaban J connectivity index is 2.28. The van der Waals surface area contributed by atoms with Crippen molar-refractivity contribution in [2.45, 2.75) is 45.1 Å². The van der Waals surface area contributed by atoms with Crippen molar-refractivity contribution < 1.29 is 0 Å². The zero-order chi connectivity index (χ0) is 8.10. The SMILES string of the molecule is CCC#C[C@H]1CC[C@H](N)CC1. The molecule has 0 unspecified atom stereocenters. The van der Waals surface area contributed by atoms with Gasteiger partial charge >= 0.3 is 0 Å². The fraction of sp³-hybridized carbons (Fsp3) is 0.800. The first-order valence-corrected chi connectivity index (χ1v) is 4.57. The van der Waals surface area contributed by atoms with Crippen LogP contribution in [-0.4, -0.2) is 6.04 Å². The molecule has 0 aromatic carbocycles. The highest BCUT2D eigenvalue weighted by molar-refractivity contribution is 5.04. The van der Waals surface area contributed by atoms with E-state index in [1.165, 1.54) is 25.7 Å². The van der Waals surface area contributed by atoms with Crippen molar-refractivity contribution in [3.8, 4) is 11.8 Å². The molecule has 1 rings (SSSR count). The summed E-state index contributed by atoms with van der Waals surface area (Å²) in [4.78, 5) is 0. The highest BCUT2D eigenvalue weighted by atomic mass is 14.6. The van der Waals surface area contributed by atoms with Gasteiger partial charge in [-0.1, -0.05) is 12.8 Å². The fourth-order valence-electron chi connectivity index (χ4n) is 1.51. The molecule has 1 nitrogen and oxygen atoms in total. The minimum absolute atomic E-state index is 0.453. The number of hydrogen-bond donors (Lipinski definition) is 1. The molecular weight excluding hydrogens is 134 g/mol. The third kappa shape index (κ3) is 2.95. The maximum Gasteiger partial charge on any atom is 0.0204 e. The Morgan fingerprint density at radius 3 is 2.45 bits per heavy atom. The van der Waals surface area contributed by atoms with E-state index < -0.39 is 0 Å². The lowest BCUT2D eigenvalue weighted by Gasteiger charge is -2.21. The lowest BCUT2D eigenvalue weighted by atomic mass is 9.87. The van der Waals surface area contributed by atoms with Gasteiger partial charge in [0.15, 0.2) is 0 Å². The zero-order valence-corrected chi connectivity index (χ0v) is 7.27. The van der Waals surface area contributed by atoms with E-state index in [2.05, 4.69) is 18.8 Å². The molecule has 0 aliphatic heterocycles. The molecule has 62 valence electrons. The molecule has 0 aromatic rings. The normalized spacial score (nSPS) is 30.7. The molecule has 0 atom stereocenters. The van der Waals surface area contributed by atoms with Crippen molar-refractivity contribution >= 4 is 0 Å². The Labute approximate surface area is 69.4 Å². The van der Waals surface area contributed by atoms with Crippen LogP contribution in [0.25, 0.3) is 0 Å². The maximum atomic E-state index is 5.78. The Morgan fingerprint density at radius 2 is 1.91 bits per heavy atom. The summed E-state index contributed by atoms with van der Waals surface area (Å²) in [5.41, 5.74) is 5.78. The monoisotopic (exact) mass is 151 g/mol. The molecule has 1 fully saturated rings. The van der Waals surface area contributed by atoms with Gasteiger partial charge in [-0.2, -0.15) is 0 Å². The highest BCUT2D eigenvalue weighted by Crippen LogP contribution is 2.22. The highest BCUT2D eigenvalue weighted by Gasteiger charge is 2.15. The van der Waals surface area contributed by atoms with Gasteiger partial charge in [0, 0.05) is 18.4 Å². The second-order valence-electron chi connectivity index (χ2n) is 3.29. The summed E-state index contributed by atoms with van der Waals surface area (Å²) in [6.45, 7) is 2.10. The second kappa shape index (κ2) is 4.41. The minimum atomic E-state index is 0.453. The Morgan fingerprint density at radius 1 is 1.27 bits per heavy atom. The summed E-state index contributed by atoms with van der Waals surface area (Å²) in [7, 11) is 0. The maximum absolute atomic E-state index is 5.78. The van der Waals surface area contributed by atoms with E-state index in [9.17, 15) is 0 Å². The van der Waals surface area contributed by atoms with Crippen LogP contribution in [0.2, 0.25) is 0 Å². The molecule has 2 N–H and O–H groups in total. The summed E-state index contributed by atoms with van der Waals surface area (Å²) in [5.74, 6) is 7.08. The van der Waals surface area contributed by atoms with Crippen molar-refractivity contribution in [2.24, 2.45) is 11.7 Å². The van der Waals surface area contributed by atoms with Gasteiger partial charge < -0.3 is 5.73 Å². The van der Waals surface area contributed by atoms with E-state index in [1.54, 1.807) is 0 Å². The van der Waals surface area contributed by atoms with Crippen LogP contribution in [0, 0.1) is 17.8 Å². The molecule has 1 heteroatoms. The van der Waals surface area contributed by atoms with Gasteiger partial charge in [-0.25, -0.2) is 0 Å². The quantitative estimate of drug-likeness (QED) is 0.526. The molecule has 0 bridgehead atoms. The smallest absolute Gasteiger partial charge is 0.0204 e. The average Bonchev–Trinajstić information content (AvgIpc) is 2.04. The van der Waals surface area contributed by atoms with Crippen molar-refractivity contribution in [2.75, 3.05) is 0 Å². The standard InChI is InChI=1S/C10H17N/c1-2-3-4-9-5-7-10(11)8-6-9/h9-10H,2,5-8,11H2,1H3/t9-,10-. The molecule has 0 saturated heterocycles. The zero-order valence-electron chi connectivity index (χ0n) is 7.27. The van der Waals surface area contributed by atoms with Gasteiger partial charge in [0.1, 0.15) is 0 Å². The van der Waals surface area contributed by atoms with Gasteiger partial charge in [0.25, 0.3) is 0 Å². The van der Waals surface area contributed by atoms with Crippen molar-refractivity contribution in [1.82, 2.24) is 0 Å². The van der Waals surface area contributed by atoms with Crippen molar-refractivity contribution in [3.63, 3.8) is 0 Å². The molecule has 0 heterocycles. The van der Waals surface area contributed by atoms with Gasteiger partial charge in [-0.15, -0.1) is 5.92 Å². The van der Waals surface area contributed by atoms with Gasteiger partial charge in [0.2, 0.25) is 0 Å². The Hall–Kier alpha value is -0.480. The van der Waals surface area contributed by atoms with E-state index in [0.29, 0.717) is 12.0 Å². The van der Waals surface area contributed by atoms with E-state index in [0.717, 1.165) is 6.42 Å². The van der Waals surface area contributed by atoms with Gasteiger partial charge in [-0.3, -0.25) is 0 Å². The number of hydrogen-bond acceptors (Lipinski definition) is 1. The summed E-state index contributed by atoms with van der Waals surface area (Å²) in [5, 5.41) is 0. The van der Waals surface area contributed by atoms with Crippen LogP contribution in [0.4, 0.5) is 0 Å². The topological polar surface area (TPSA) is 26.0 Å². The van der Waals surface area contributed by atoms with Crippen LogP contribution in [0.1, 0.15) is 39.0 Å². The molecule has 0 radical (unpaired) electrons. The second-order valence-corrected chi connectivity index (χ2v) is 3.29. The first-order chi connectivity index (χ1) is 5.33. The summed E-state index contributed by atoms with van der Waals surface area (Å²) < 4.78 is 0. The largest absolute Gasteiger partial charge is 0.328 e. The van der Waals surface area contributed by atoms with Crippen LogP contribution in [0.5, 0.6) is 0 Å².